The summed E-state index contributed by atoms with van der Waals surface area (Å²) in [5.74, 6) is 0.452. The fraction of sp³-hybridized carbons (Fsp3) is 0.375. The van der Waals surface area contributed by atoms with Crippen molar-refractivity contribution in [1.82, 2.24) is 10.3 Å². The maximum Gasteiger partial charge on any atom is 0.252 e. The molecule has 0 aliphatic heterocycles. The normalized spacial score (nSPS) is 16.1. The summed E-state index contributed by atoms with van der Waals surface area (Å²) in [6.45, 7) is 0.110. The first-order chi connectivity index (χ1) is 9.79. The Labute approximate surface area is 117 Å². The summed E-state index contributed by atoms with van der Waals surface area (Å²) in [4.78, 5) is 16.7. The monoisotopic (exact) mass is 270 g/mol. The number of hydrogen-bond acceptors (Lipinski definition) is 3. The molecule has 0 spiro atoms. The molecule has 1 aromatic carbocycles. The molecular formula is C16H18N2O2. The lowest BCUT2D eigenvalue weighted by atomic mass is 10.1. The van der Waals surface area contributed by atoms with E-state index in [9.17, 15) is 4.79 Å². The molecule has 3 rings (SSSR count). The summed E-state index contributed by atoms with van der Waals surface area (Å²) < 4.78 is 0. The summed E-state index contributed by atoms with van der Waals surface area (Å²) >= 11 is 0. The Kier molecular flexibility index (Phi) is 3.65. The molecule has 4 heteroatoms. The number of benzene rings is 1. The zero-order chi connectivity index (χ0) is 13.9. The van der Waals surface area contributed by atoms with Crippen molar-refractivity contribution < 1.29 is 9.90 Å². The highest BCUT2D eigenvalue weighted by Gasteiger charge is 2.32. The number of aliphatic hydroxyl groups is 1. The first kappa shape index (κ1) is 13.1. The van der Waals surface area contributed by atoms with E-state index < -0.39 is 0 Å². The Bertz CT molecular complexity index is 617. The predicted molar refractivity (Wildman–Crippen MR) is 77.4 cm³/mol. The van der Waals surface area contributed by atoms with E-state index in [4.69, 9.17) is 5.11 Å². The van der Waals surface area contributed by atoms with E-state index in [1.165, 1.54) is 0 Å². The molecule has 0 bridgehead atoms. The van der Waals surface area contributed by atoms with Gasteiger partial charge in [0, 0.05) is 29.8 Å². The standard InChI is InChI=1S/C16H18N2O2/c19-10-8-14(11-6-7-11)18-16(20)13-3-1-5-15-12(13)4-2-9-17-15/h1-5,9,11,14,19H,6-8,10H2,(H,18,20). The van der Waals surface area contributed by atoms with Gasteiger partial charge in [-0.05, 0) is 43.4 Å². The van der Waals surface area contributed by atoms with E-state index in [0.717, 1.165) is 23.7 Å². The number of hydrogen-bond donors (Lipinski definition) is 2. The number of amides is 1. The van der Waals surface area contributed by atoms with Crippen LogP contribution in [0.3, 0.4) is 0 Å². The molecule has 1 atom stereocenters. The number of rotatable bonds is 5. The zero-order valence-electron chi connectivity index (χ0n) is 11.2. The molecule has 1 unspecified atom stereocenters. The van der Waals surface area contributed by atoms with Gasteiger partial charge in [0.25, 0.3) is 5.91 Å². The topological polar surface area (TPSA) is 62.2 Å². The van der Waals surface area contributed by atoms with Crippen molar-refractivity contribution in [2.24, 2.45) is 5.92 Å². The van der Waals surface area contributed by atoms with Crippen LogP contribution in [0.2, 0.25) is 0 Å². The number of carbonyl (C=O) groups excluding carboxylic acids is 1. The van der Waals surface area contributed by atoms with Gasteiger partial charge in [-0.25, -0.2) is 0 Å². The lowest BCUT2D eigenvalue weighted by Gasteiger charge is -2.17. The highest BCUT2D eigenvalue weighted by Crippen LogP contribution is 2.34. The molecule has 4 nitrogen and oxygen atoms in total. The Hall–Kier alpha value is -1.94. The highest BCUT2D eigenvalue weighted by atomic mass is 16.3. The van der Waals surface area contributed by atoms with E-state index in [1.54, 1.807) is 6.20 Å². The maximum atomic E-state index is 12.5. The van der Waals surface area contributed by atoms with E-state index in [1.807, 2.05) is 30.3 Å². The molecular weight excluding hydrogens is 252 g/mol. The number of nitrogens with one attached hydrogen (secondary N) is 1. The molecule has 1 amide bonds. The number of pyridine rings is 1. The molecule has 1 heterocycles. The Morgan fingerprint density at radius 2 is 2.20 bits per heavy atom. The van der Waals surface area contributed by atoms with Crippen molar-refractivity contribution in [3.8, 4) is 0 Å². The van der Waals surface area contributed by atoms with Crippen molar-refractivity contribution in [2.75, 3.05) is 6.61 Å². The number of nitrogens with zero attached hydrogens (tertiary/aromatic N) is 1. The third kappa shape index (κ3) is 2.65. The number of carbonyl (C=O) groups is 1. The molecule has 2 N–H and O–H groups in total. The first-order valence-electron chi connectivity index (χ1n) is 7.05. The van der Waals surface area contributed by atoms with Gasteiger partial charge in [-0.15, -0.1) is 0 Å². The molecule has 104 valence electrons. The van der Waals surface area contributed by atoms with Gasteiger partial charge < -0.3 is 10.4 Å². The predicted octanol–water partition coefficient (Wildman–Crippen LogP) is 2.13. The van der Waals surface area contributed by atoms with E-state index in [-0.39, 0.29) is 18.6 Å². The number of aromatic nitrogens is 1. The third-order valence-corrected chi connectivity index (χ3v) is 3.84. The summed E-state index contributed by atoms with van der Waals surface area (Å²) in [6.07, 6.45) is 4.63. The lowest BCUT2D eigenvalue weighted by Crippen LogP contribution is -2.37. The van der Waals surface area contributed by atoms with Crippen LogP contribution in [-0.2, 0) is 0 Å². The van der Waals surface area contributed by atoms with Gasteiger partial charge in [0.05, 0.1) is 5.52 Å². The van der Waals surface area contributed by atoms with Crippen molar-refractivity contribution in [2.45, 2.75) is 25.3 Å². The summed E-state index contributed by atoms with van der Waals surface area (Å²) in [6, 6.07) is 9.41. The van der Waals surface area contributed by atoms with Crippen LogP contribution in [0.25, 0.3) is 10.9 Å². The van der Waals surface area contributed by atoms with Crippen LogP contribution in [0.1, 0.15) is 29.6 Å². The van der Waals surface area contributed by atoms with Crippen LogP contribution in [-0.4, -0.2) is 28.6 Å². The van der Waals surface area contributed by atoms with Crippen molar-refractivity contribution in [3.63, 3.8) is 0 Å². The molecule has 20 heavy (non-hydrogen) atoms. The largest absolute Gasteiger partial charge is 0.396 e. The van der Waals surface area contributed by atoms with Crippen LogP contribution in [0.5, 0.6) is 0 Å². The van der Waals surface area contributed by atoms with Gasteiger partial charge in [0.15, 0.2) is 0 Å². The Morgan fingerprint density at radius 3 is 2.95 bits per heavy atom. The van der Waals surface area contributed by atoms with Crippen LogP contribution < -0.4 is 5.32 Å². The fourth-order valence-electron chi connectivity index (χ4n) is 2.61. The zero-order valence-corrected chi connectivity index (χ0v) is 11.2. The summed E-state index contributed by atoms with van der Waals surface area (Å²) in [5.41, 5.74) is 1.48. The van der Waals surface area contributed by atoms with Gasteiger partial charge in [-0.3, -0.25) is 9.78 Å². The molecule has 2 aromatic rings. The molecule has 1 aromatic heterocycles. The smallest absolute Gasteiger partial charge is 0.252 e. The van der Waals surface area contributed by atoms with Crippen LogP contribution in [0, 0.1) is 5.92 Å². The minimum atomic E-state index is -0.0750. The molecule has 0 saturated heterocycles. The van der Waals surface area contributed by atoms with E-state index >= 15 is 0 Å². The number of fused-ring (bicyclic) bond motifs is 1. The van der Waals surface area contributed by atoms with E-state index in [0.29, 0.717) is 17.9 Å². The quantitative estimate of drug-likeness (QED) is 0.875. The SMILES string of the molecule is O=C(NC(CCO)C1CC1)c1cccc2ncccc12. The van der Waals surface area contributed by atoms with Gasteiger partial charge in [0.2, 0.25) is 0 Å². The average Bonchev–Trinajstić information content (AvgIpc) is 3.31. The highest BCUT2D eigenvalue weighted by molar-refractivity contribution is 6.06. The van der Waals surface area contributed by atoms with Crippen molar-refractivity contribution in [1.29, 1.82) is 0 Å². The summed E-state index contributed by atoms with van der Waals surface area (Å²) in [7, 11) is 0. The van der Waals surface area contributed by atoms with Crippen molar-refractivity contribution in [3.05, 3.63) is 42.1 Å². The van der Waals surface area contributed by atoms with Crippen LogP contribution in [0.4, 0.5) is 0 Å². The second-order valence-electron chi connectivity index (χ2n) is 5.31. The second kappa shape index (κ2) is 5.59. The molecule has 0 radical (unpaired) electrons. The molecule has 1 aliphatic rings. The fourth-order valence-corrected chi connectivity index (χ4v) is 2.61. The molecule has 1 fully saturated rings. The average molecular weight is 270 g/mol. The van der Waals surface area contributed by atoms with Crippen LogP contribution >= 0.6 is 0 Å². The van der Waals surface area contributed by atoms with Gasteiger partial charge in [0.1, 0.15) is 0 Å². The molecule has 1 aliphatic carbocycles. The lowest BCUT2D eigenvalue weighted by molar-refractivity contribution is 0.0926. The summed E-state index contributed by atoms with van der Waals surface area (Å²) in [5, 5.41) is 13.0. The Morgan fingerprint density at radius 1 is 1.35 bits per heavy atom. The first-order valence-corrected chi connectivity index (χ1v) is 7.05. The molecule has 1 saturated carbocycles. The minimum absolute atomic E-state index is 0.0750. The van der Waals surface area contributed by atoms with E-state index in [2.05, 4.69) is 10.3 Å². The van der Waals surface area contributed by atoms with Gasteiger partial charge >= 0.3 is 0 Å². The van der Waals surface area contributed by atoms with Crippen molar-refractivity contribution >= 4 is 16.8 Å². The maximum absolute atomic E-state index is 12.5. The third-order valence-electron chi connectivity index (χ3n) is 3.84. The van der Waals surface area contributed by atoms with Crippen LogP contribution in [0.15, 0.2) is 36.5 Å². The number of aliphatic hydroxyl groups excluding tert-OH is 1. The minimum Gasteiger partial charge on any atom is -0.396 e. The van der Waals surface area contributed by atoms with Gasteiger partial charge in [-0.1, -0.05) is 12.1 Å². The van der Waals surface area contributed by atoms with Gasteiger partial charge in [-0.2, -0.15) is 0 Å². The second-order valence-corrected chi connectivity index (χ2v) is 5.31. The Balaban J connectivity index is 1.84.